The molecule has 0 spiro atoms. The highest BCUT2D eigenvalue weighted by Gasteiger charge is 2.18. The van der Waals surface area contributed by atoms with Crippen molar-refractivity contribution in [2.45, 2.75) is 38.3 Å². The second kappa shape index (κ2) is 6.40. The summed E-state index contributed by atoms with van der Waals surface area (Å²) >= 11 is -0.412. The first-order valence-electron chi connectivity index (χ1n) is 4.59. The lowest BCUT2D eigenvalue weighted by Crippen LogP contribution is -2.12. The maximum atomic E-state index is 2.34. The summed E-state index contributed by atoms with van der Waals surface area (Å²) in [5, 5.41) is 3.03. The fourth-order valence-corrected chi connectivity index (χ4v) is 7.48. The van der Waals surface area contributed by atoms with Gasteiger partial charge in [0, 0.05) is 0 Å². The van der Waals surface area contributed by atoms with Crippen LogP contribution in [0.3, 0.4) is 0 Å². The molecule has 0 nitrogen and oxygen atoms in total. The lowest BCUT2D eigenvalue weighted by Gasteiger charge is -2.13. The Morgan fingerprint density at radius 1 is 1.00 bits per heavy atom. The minimum Gasteiger partial charge on any atom is -0.259 e. The van der Waals surface area contributed by atoms with Crippen LogP contribution in [0.5, 0.6) is 0 Å². The molecule has 66 valence electrons. The van der Waals surface area contributed by atoms with E-state index < -0.39 is 13.0 Å². The van der Waals surface area contributed by atoms with Gasteiger partial charge in [0.15, 0.2) is 0 Å². The van der Waals surface area contributed by atoms with Crippen LogP contribution in [0.15, 0.2) is 0 Å². The standard InChI is InChI=1S/2C4H9.CH4S.Al/c2*1-4(2)3;1-2;/h2*4H,1H2,2-3H3;2H,1H3;/q;;;+1/p-1. The Kier molecular flexibility index (Phi) is 6.92. The molecule has 0 saturated heterocycles. The predicted octanol–water partition coefficient (Wildman–Crippen LogP) is 3.65. The van der Waals surface area contributed by atoms with Crippen LogP contribution >= 0.6 is 10.1 Å². The molecule has 0 aromatic rings. The van der Waals surface area contributed by atoms with E-state index in [4.69, 9.17) is 0 Å². The van der Waals surface area contributed by atoms with Gasteiger partial charge in [-0.15, -0.1) is 0 Å². The monoisotopic (exact) mass is 188 g/mol. The smallest absolute Gasteiger partial charge is 0.259 e. The quantitative estimate of drug-likeness (QED) is 0.593. The van der Waals surface area contributed by atoms with Crippen molar-refractivity contribution in [2.24, 2.45) is 11.8 Å². The van der Waals surface area contributed by atoms with Crippen molar-refractivity contribution in [3.8, 4) is 0 Å². The van der Waals surface area contributed by atoms with E-state index in [2.05, 4.69) is 44.1 Å². The largest absolute Gasteiger partial charge is 0.349 e. The molecule has 0 unspecified atom stereocenters. The van der Waals surface area contributed by atoms with E-state index in [0.717, 1.165) is 11.8 Å². The van der Waals surface area contributed by atoms with Gasteiger partial charge in [0.05, 0.1) is 0 Å². The number of hydrogen-bond donors (Lipinski definition) is 0. The van der Waals surface area contributed by atoms with Crippen molar-refractivity contribution >= 4 is 23.1 Å². The molecular weight excluding hydrogens is 167 g/mol. The minimum atomic E-state index is -0.412. The average molecular weight is 188 g/mol. The molecule has 0 radical (unpaired) electrons. The summed E-state index contributed by atoms with van der Waals surface area (Å²) < 4.78 is 0. The van der Waals surface area contributed by atoms with Crippen molar-refractivity contribution in [3.63, 3.8) is 0 Å². The Hall–Kier alpha value is 0.882. The summed E-state index contributed by atoms with van der Waals surface area (Å²) in [7, 11) is 2.17. The number of rotatable bonds is 5. The summed E-state index contributed by atoms with van der Waals surface area (Å²) in [4.78, 5) is 0. The Labute approximate surface area is 79.6 Å². The summed E-state index contributed by atoms with van der Waals surface area (Å²) in [5.74, 6) is 1.83. The van der Waals surface area contributed by atoms with Crippen molar-refractivity contribution in [1.82, 2.24) is 0 Å². The normalized spacial score (nSPS) is 11.2. The zero-order chi connectivity index (χ0) is 8.85. The van der Waals surface area contributed by atoms with Crippen LogP contribution in [0, 0.1) is 11.8 Å². The van der Waals surface area contributed by atoms with Crippen LogP contribution < -0.4 is 0 Å². The average Bonchev–Trinajstić information content (AvgIpc) is 1.84. The molecule has 0 heterocycles. The first-order chi connectivity index (χ1) is 5.06. The lowest BCUT2D eigenvalue weighted by atomic mass is 10.3. The van der Waals surface area contributed by atoms with Crippen LogP contribution in [0.2, 0.25) is 10.6 Å². The maximum Gasteiger partial charge on any atom is 0.349 e. The summed E-state index contributed by atoms with van der Waals surface area (Å²) in [6.45, 7) is 9.38. The van der Waals surface area contributed by atoms with Gasteiger partial charge >= 0.3 is 13.0 Å². The van der Waals surface area contributed by atoms with Gasteiger partial charge in [-0.3, -0.25) is 10.1 Å². The zero-order valence-electron chi connectivity index (χ0n) is 8.55. The second-order valence-corrected chi connectivity index (χ2v) is 10.2. The molecule has 0 aliphatic rings. The van der Waals surface area contributed by atoms with Gasteiger partial charge in [-0.2, -0.15) is 0 Å². The highest BCUT2D eigenvalue weighted by Crippen LogP contribution is 2.21. The molecule has 0 bridgehead atoms. The van der Waals surface area contributed by atoms with Crippen LogP contribution in [0.25, 0.3) is 0 Å². The molecule has 0 aromatic heterocycles. The maximum absolute atomic E-state index is 2.34. The summed E-state index contributed by atoms with van der Waals surface area (Å²) in [6.07, 6.45) is 2.29. The third kappa shape index (κ3) is 7.25. The minimum absolute atomic E-state index is 0.412. The molecule has 0 aliphatic heterocycles. The van der Waals surface area contributed by atoms with E-state index in [1.165, 1.54) is 10.6 Å². The molecule has 0 N–H and O–H groups in total. The van der Waals surface area contributed by atoms with Gasteiger partial charge in [-0.25, -0.2) is 0 Å². The topological polar surface area (TPSA) is 0 Å². The molecule has 0 aromatic carbocycles. The van der Waals surface area contributed by atoms with E-state index in [0.29, 0.717) is 0 Å². The van der Waals surface area contributed by atoms with E-state index in [9.17, 15) is 0 Å². The van der Waals surface area contributed by atoms with Crippen molar-refractivity contribution in [1.29, 1.82) is 0 Å². The van der Waals surface area contributed by atoms with Crippen LogP contribution in [0.1, 0.15) is 27.7 Å². The highest BCUT2D eigenvalue weighted by molar-refractivity contribution is 8.25. The Bertz CT molecular complexity index is 81.6. The SMILES string of the molecule is C[S][Al]([CH2]C(C)C)[CH2]C(C)C. The molecule has 0 amide bonds. The fourth-order valence-electron chi connectivity index (χ4n) is 1.34. The molecule has 0 rings (SSSR count). The first-order valence-corrected chi connectivity index (χ1v) is 8.92. The van der Waals surface area contributed by atoms with Crippen LogP contribution in [0.4, 0.5) is 0 Å². The van der Waals surface area contributed by atoms with Gasteiger partial charge in [0.2, 0.25) is 0 Å². The molecule has 0 saturated carbocycles. The van der Waals surface area contributed by atoms with Crippen molar-refractivity contribution in [3.05, 3.63) is 0 Å². The molecular formula is C9H21AlS. The van der Waals surface area contributed by atoms with Gasteiger partial charge in [0.25, 0.3) is 0 Å². The third-order valence-electron chi connectivity index (χ3n) is 1.80. The molecule has 11 heavy (non-hydrogen) atoms. The second-order valence-electron chi connectivity index (χ2n) is 4.12. The fraction of sp³-hybridized carbons (Fsp3) is 1.00. The van der Waals surface area contributed by atoms with Gasteiger partial charge in [0.1, 0.15) is 0 Å². The van der Waals surface area contributed by atoms with E-state index in [-0.39, 0.29) is 0 Å². The first kappa shape index (κ1) is 11.9. The summed E-state index contributed by atoms with van der Waals surface area (Å²) in [6, 6.07) is 0. The Morgan fingerprint density at radius 3 is 1.55 bits per heavy atom. The molecule has 2 heteroatoms. The van der Waals surface area contributed by atoms with Crippen molar-refractivity contribution in [2.75, 3.05) is 6.26 Å². The Balaban J connectivity index is 3.58. The van der Waals surface area contributed by atoms with E-state index in [1.807, 2.05) is 0 Å². The zero-order valence-corrected chi connectivity index (χ0v) is 10.5. The lowest BCUT2D eigenvalue weighted by molar-refractivity contribution is 0.698. The summed E-state index contributed by atoms with van der Waals surface area (Å²) in [5.41, 5.74) is 0. The predicted molar refractivity (Wildman–Crippen MR) is 58.6 cm³/mol. The molecule has 0 atom stereocenters. The van der Waals surface area contributed by atoms with Crippen LogP contribution in [-0.4, -0.2) is 19.3 Å². The van der Waals surface area contributed by atoms with E-state index in [1.54, 1.807) is 0 Å². The molecule has 0 aliphatic carbocycles. The number of hydrogen-bond acceptors (Lipinski definition) is 1. The highest BCUT2D eigenvalue weighted by atomic mass is 32.3. The van der Waals surface area contributed by atoms with Crippen LogP contribution in [-0.2, 0) is 0 Å². The van der Waals surface area contributed by atoms with Gasteiger partial charge in [-0.1, -0.05) is 50.1 Å². The molecule has 0 fully saturated rings. The van der Waals surface area contributed by atoms with Gasteiger partial charge in [-0.05, 0) is 6.26 Å². The van der Waals surface area contributed by atoms with E-state index >= 15 is 0 Å². The Morgan fingerprint density at radius 2 is 1.36 bits per heavy atom. The van der Waals surface area contributed by atoms with Gasteiger partial charge < -0.3 is 0 Å². The third-order valence-corrected chi connectivity index (χ3v) is 8.56. The van der Waals surface area contributed by atoms with Crippen molar-refractivity contribution < 1.29 is 0 Å².